The van der Waals surface area contributed by atoms with Gasteiger partial charge in [0.15, 0.2) is 0 Å². The molecule has 5 nitrogen and oxygen atoms in total. The van der Waals surface area contributed by atoms with Gasteiger partial charge in [0.2, 0.25) is 5.91 Å². The van der Waals surface area contributed by atoms with Crippen molar-refractivity contribution >= 4 is 11.7 Å². The summed E-state index contributed by atoms with van der Waals surface area (Å²) in [5.74, 6) is 7.57. The number of fused-ring (bicyclic) bond motifs is 3. The number of carbonyl (C=O) groups excluding carboxylic acids is 1. The maximum Gasteiger partial charge on any atom is 0.228 e. The van der Waals surface area contributed by atoms with E-state index in [9.17, 15) is 9.90 Å². The van der Waals surface area contributed by atoms with Gasteiger partial charge in [-0.25, -0.2) is 4.98 Å². The number of hydrogen-bond donors (Lipinski definition) is 1. The molecule has 0 radical (unpaired) electrons. The highest BCUT2D eigenvalue weighted by molar-refractivity contribution is 5.94. The molecule has 0 saturated carbocycles. The first-order chi connectivity index (χ1) is 14.6. The van der Waals surface area contributed by atoms with Gasteiger partial charge < -0.3 is 5.11 Å². The standard InChI is InChI=1S/C25H27N3O2/c29-24-7-4-14-28(24)23-9-8-20(22(26-23)17-19-5-2-1-3-6-19)10-13-25(30)18-27-15-11-21(25)12-16-27/h1-3,5-6,8-9,21,30H,4,7,11-12,14-18H2/t25-/m1/s1. The molecule has 4 saturated heterocycles. The van der Waals surface area contributed by atoms with E-state index in [-0.39, 0.29) is 11.8 Å². The Morgan fingerprint density at radius 2 is 1.90 bits per heavy atom. The molecule has 30 heavy (non-hydrogen) atoms. The zero-order valence-electron chi connectivity index (χ0n) is 17.2. The number of rotatable bonds is 3. The fraction of sp³-hybridized carbons (Fsp3) is 0.440. The van der Waals surface area contributed by atoms with E-state index in [1.807, 2.05) is 30.3 Å². The minimum absolute atomic E-state index is 0.133. The number of amides is 1. The molecule has 1 aromatic carbocycles. The predicted molar refractivity (Wildman–Crippen MR) is 116 cm³/mol. The number of nitrogens with zero attached hydrogens (tertiary/aromatic N) is 3. The molecule has 5 heteroatoms. The summed E-state index contributed by atoms with van der Waals surface area (Å²) in [6.07, 6.45) is 4.13. The van der Waals surface area contributed by atoms with Crippen LogP contribution in [0.2, 0.25) is 0 Å². The largest absolute Gasteiger partial charge is 0.376 e. The summed E-state index contributed by atoms with van der Waals surface area (Å²) < 4.78 is 0. The van der Waals surface area contributed by atoms with Gasteiger partial charge in [-0.05, 0) is 50.0 Å². The molecule has 1 N–H and O–H groups in total. The van der Waals surface area contributed by atoms with Crippen LogP contribution in [-0.4, -0.2) is 52.7 Å². The van der Waals surface area contributed by atoms with Crippen LogP contribution in [0.4, 0.5) is 5.82 Å². The lowest BCUT2D eigenvalue weighted by Gasteiger charge is -2.47. The van der Waals surface area contributed by atoms with Crippen LogP contribution in [0.15, 0.2) is 42.5 Å². The Hall–Kier alpha value is -2.68. The minimum atomic E-state index is -0.940. The lowest BCUT2D eigenvalue weighted by molar-refractivity contribution is -0.117. The van der Waals surface area contributed by atoms with Crippen LogP contribution in [0.25, 0.3) is 0 Å². The van der Waals surface area contributed by atoms with E-state index in [0.717, 1.165) is 55.7 Å². The fourth-order valence-corrected chi connectivity index (χ4v) is 4.92. The van der Waals surface area contributed by atoms with Crippen molar-refractivity contribution in [3.63, 3.8) is 0 Å². The molecule has 1 amide bonds. The van der Waals surface area contributed by atoms with Crippen molar-refractivity contribution < 1.29 is 9.90 Å². The number of aliphatic hydroxyl groups is 1. The molecule has 2 bridgehead atoms. The van der Waals surface area contributed by atoms with Crippen LogP contribution in [0.3, 0.4) is 0 Å². The van der Waals surface area contributed by atoms with Gasteiger partial charge in [-0.1, -0.05) is 42.2 Å². The molecule has 2 aromatic rings. The Balaban J connectivity index is 1.49. The van der Waals surface area contributed by atoms with E-state index >= 15 is 0 Å². The van der Waals surface area contributed by atoms with Gasteiger partial charge in [0.05, 0.1) is 5.69 Å². The third-order valence-corrected chi connectivity index (χ3v) is 6.67. The lowest BCUT2D eigenvalue weighted by atomic mass is 9.75. The monoisotopic (exact) mass is 401 g/mol. The molecule has 0 spiro atoms. The van der Waals surface area contributed by atoms with Crippen molar-refractivity contribution in [1.82, 2.24) is 9.88 Å². The Morgan fingerprint density at radius 1 is 1.10 bits per heavy atom. The van der Waals surface area contributed by atoms with Gasteiger partial charge in [-0.15, -0.1) is 0 Å². The Bertz CT molecular complexity index is 1000. The Morgan fingerprint density at radius 3 is 2.57 bits per heavy atom. The second-order valence-electron chi connectivity index (χ2n) is 8.70. The van der Waals surface area contributed by atoms with Crippen molar-refractivity contribution in [3.05, 3.63) is 59.3 Å². The maximum atomic E-state index is 12.2. The predicted octanol–water partition coefficient (Wildman–Crippen LogP) is 2.61. The molecule has 4 aliphatic heterocycles. The van der Waals surface area contributed by atoms with E-state index in [0.29, 0.717) is 25.2 Å². The normalized spacial score (nSPS) is 27.8. The smallest absolute Gasteiger partial charge is 0.228 e. The summed E-state index contributed by atoms with van der Waals surface area (Å²) in [6.45, 7) is 3.48. The topological polar surface area (TPSA) is 56.7 Å². The van der Waals surface area contributed by atoms with Crippen LogP contribution in [0.5, 0.6) is 0 Å². The molecule has 1 atom stereocenters. The number of pyridine rings is 1. The molecule has 154 valence electrons. The summed E-state index contributed by atoms with van der Waals surface area (Å²) in [4.78, 5) is 21.1. The van der Waals surface area contributed by atoms with Crippen LogP contribution < -0.4 is 4.90 Å². The molecule has 5 heterocycles. The van der Waals surface area contributed by atoms with Crippen LogP contribution in [-0.2, 0) is 11.2 Å². The maximum absolute atomic E-state index is 12.2. The van der Waals surface area contributed by atoms with Crippen molar-refractivity contribution in [1.29, 1.82) is 0 Å². The average Bonchev–Trinajstić information content (AvgIpc) is 3.20. The van der Waals surface area contributed by atoms with E-state index in [2.05, 4.69) is 28.9 Å². The second-order valence-corrected chi connectivity index (χ2v) is 8.70. The fourth-order valence-electron chi connectivity index (χ4n) is 4.92. The number of benzene rings is 1. The van der Waals surface area contributed by atoms with Crippen LogP contribution >= 0.6 is 0 Å². The van der Waals surface area contributed by atoms with Crippen molar-refractivity contribution in [2.45, 2.75) is 37.7 Å². The zero-order chi connectivity index (χ0) is 20.6. The highest BCUT2D eigenvalue weighted by Crippen LogP contribution is 2.35. The van der Waals surface area contributed by atoms with Crippen LogP contribution in [0, 0.1) is 17.8 Å². The van der Waals surface area contributed by atoms with Gasteiger partial charge in [-0.2, -0.15) is 0 Å². The third kappa shape index (κ3) is 3.74. The number of carbonyl (C=O) groups is 1. The first-order valence-corrected chi connectivity index (χ1v) is 10.9. The molecule has 6 rings (SSSR count). The Labute approximate surface area is 177 Å². The summed E-state index contributed by atoms with van der Waals surface area (Å²) in [7, 11) is 0. The average molecular weight is 402 g/mol. The molecular weight excluding hydrogens is 374 g/mol. The van der Waals surface area contributed by atoms with E-state index in [4.69, 9.17) is 4.98 Å². The zero-order valence-corrected chi connectivity index (χ0v) is 17.2. The van der Waals surface area contributed by atoms with Crippen molar-refractivity contribution in [3.8, 4) is 11.8 Å². The van der Waals surface area contributed by atoms with E-state index < -0.39 is 5.60 Å². The number of hydrogen-bond acceptors (Lipinski definition) is 4. The first-order valence-electron chi connectivity index (χ1n) is 10.9. The molecule has 1 aromatic heterocycles. The van der Waals surface area contributed by atoms with Gasteiger partial charge in [0.25, 0.3) is 0 Å². The van der Waals surface area contributed by atoms with Gasteiger partial charge in [0, 0.05) is 37.4 Å². The highest BCUT2D eigenvalue weighted by atomic mass is 16.3. The third-order valence-electron chi connectivity index (χ3n) is 6.67. The van der Waals surface area contributed by atoms with Crippen molar-refractivity contribution in [2.24, 2.45) is 5.92 Å². The van der Waals surface area contributed by atoms with Gasteiger partial charge >= 0.3 is 0 Å². The van der Waals surface area contributed by atoms with Crippen molar-refractivity contribution in [2.75, 3.05) is 31.1 Å². The SMILES string of the molecule is O=C1CCCN1c1ccc(C#C[C@@]2(O)CN3CCC2CC3)c(Cc2ccccc2)n1. The van der Waals surface area contributed by atoms with Crippen LogP contribution in [0.1, 0.15) is 42.5 Å². The lowest BCUT2D eigenvalue weighted by Crippen LogP contribution is -2.58. The number of piperidine rings is 3. The molecule has 4 aliphatic rings. The molecular formula is C25H27N3O2. The highest BCUT2D eigenvalue weighted by Gasteiger charge is 2.44. The number of aromatic nitrogens is 1. The summed E-state index contributed by atoms with van der Waals surface area (Å²) in [6, 6.07) is 14.0. The van der Waals surface area contributed by atoms with E-state index in [1.165, 1.54) is 0 Å². The van der Waals surface area contributed by atoms with Gasteiger partial charge in [-0.3, -0.25) is 14.6 Å². The van der Waals surface area contributed by atoms with E-state index in [1.54, 1.807) is 4.90 Å². The summed E-state index contributed by atoms with van der Waals surface area (Å²) >= 11 is 0. The number of anilines is 1. The first kappa shape index (κ1) is 19.3. The Kier molecular flexibility index (Phi) is 5.06. The van der Waals surface area contributed by atoms with Gasteiger partial charge in [0.1, 0.15) is 11.4 Å². The summed E-state index contributed by atoms with van der Waals surface area (Å²) in [5, 5.41) is 11.2. The second kappa shape index (κ2) is 7.86. The molecule has 0 aliphatic carbocycles. The molecule has 0 unspecified atom stereocenters. The summed E-state index contributed by atoms with van der Waals surface area (Å²) in [5.41, 5.74) is 1.90. The quantitative estimate of drug-likeness (QED) is 0.804. The minimum Gasteiger partial charge on any atom is -0.376 e. The molecule has 4 fully saturated rings.